The van der Waals surface area contributed by atoms with E-state index in [0.717, 1.165) is 35.5 Å². The van der Waals surface area contributed by atoms with Crippen molar-refractivity contribution >= 4 is 45.4 Å². The van der Waals surface area contributed by atoms with Crippen molar-refractivity contribution in [2.45, 2.75) is 50.2 Å². The van der Waals surface area contributed by atoms with Gasteiger partial charge >= 0.3 is 0 Å². The number of pyridine rings is 3. The first-order valence-electron chi connectivity index (χ1n) is 11.9. The lowest BCUT2D eigenvalue weighted by molar-refractivity contribution is 0.0984. The Hall–Kier alpha value is -2.65. The van der Waals surface area contributed by atoms with Gasteiger partial charge in [0.05, 0.1) is 17.3 Å². The van der Waals surface area contributed by atoms with Crippen molar-refractivity contribution in [2.24, 2.45) is 11.8 Å². The fourth-order valence-corrected chi connectivity index (χ4v) is 6.04. The summed E-state index contributed by atoms with van der Waals surface area (Å²) in [6.07, 6.45) is 3.77. The van der Waals surface area contributed by atoms with E-state index in [4.69, 9.17) is 9.97 Å². The highest BCUT2D eigenvalue weighted by Crippen LogP contribution is 2.43. The van der Waals surface area contributed by atoms with Crippen LogP contribution in [0, 0.1) is 11.8 Å². The molecule has 9 heteroatoms. The Morgan fingerprint density at radius 2 is 1.97 bits per heavy atom. The Bertz CT molecular complexity index is 1220. The third-order valence-corrected chi connectivity index (χ3v) is 8.17. The molecule has 1 saturated heterocycles. The number of halogens is 1. The molecule has 1 fully saturated rings. The summed E-state index contributed by atoms with van der Waals surface area (Å²) in [4.78, 5) is 29.7. The van der Waals surface area contributed by atoms with Gasteiger partial charge in [-0.1, -0.05) is 19.1 Å². The summed E-state index contributed by atoms with van der Waals surface area (Å²) in [5, 5.41) is 4.33. The zero-order valence-electron chi connectivity index (χ0n) is 20.0. The van der Waals surface area contributed by atoms with Gasteiger partial charge in [0.2, 0.25) is 0 Å². The summed E-state index contributed by atoms with van der Waals surface area (Å²) < 4.78 is 3.69. The largest absolute Gasteiger partial charge is 0.362 e. The number of hydrogen-bond donors (Lipinski definition) is 2. The number of carbonyl (C=O) groups is 1. The maximum atomic E-state index is 13.3. The molecule has 0 aromatic carbocycles. The van der Waals surface area contributed by atoms with E-state index >= 15 is 0 Å². The number of carbonyl (C=O) groups excluding carboxylic acids is 1. The van der Waals surface area contributed by atoms with Crippen LogP contribution in [0.25, 0.3) is 0 Å². The quantitative estimate of drug-likeness (QED) is 0.288. The molecule has 3 aromatic heterocycles. The van der Waals surface area contributed by atoms with Crippen molar-refractivity contribution in [3.63, 3.8) is 0 Å². The van der Waals surface area contributed by atoms with Crippen LogP contribution >= 0.6 is 27.9 Å². The minimum atomic E-state index is -0.182. The number of amides is 1. The molecule has 0 radical (unpaired) electrons. The first kappa shape index (κ1) is 24.1. The number of rotatable bonds is 1. The minimum absolute atomic E-state index is 0.0235. The third-order valence-electron chi connectivity index (χ3n) is 7.00. The van der Waals surface area contributed by atoms with E-state index in [1.54, 1.807) is 0 Å². The number of anilines is 2. The van der Waals surface area contributed by atoms with Crippen molar-refractivity contribution in [1.29, 1.82) is 0 Å². The molecular formula is C26H29BrN6OS. The summed E-state index contributed by atoms with van der Waals surface area (Å²) in [5.74, 6) is 2.15. The van der Waals surface area contributed by atoms with Gasteiger partial charge in [0, 0.05) is 30.2 Å². The van der Waals surface area contributed by atoms with Gasteiger partial charge in [-0.3, -0.25) is 14.5 Å². The van der Waals surface area contributed by atoms with Gasteiger partial charge in [0.15, 0.2) is 0 Å². The fraction of sp³-hybridized carbons (Fsp3) is 0.385. The van der Waals surface area contributed by atoms with Gasteiger partial charge in [-0.2, -0.15) is 0 Å². The van der Waals surface area contributed by atoms with E-state index in [9.17, 15) is 4.79 Å². The zero-order valence-corrected chi connectivity index (χ0v) is 22.4. The van der Waals surface area contributed by atoms with Gasteiger partial charge in [-0.05, 0) is 90.9 Å². The predicted molar refractivity (Wildman–Crippen MR) is 143 cm³/mol. The van der Waals surface area contributed by atoms with Crippen molar-refractivity contribution in [1.82, 2.24) is 19.7 Å². The molecule has 0 spiro atoms. The van der Waals surface area contributed by atoms with Crippen molar-refractivity contribution in [3.8, 4) is 0 Å². The Morgan fingerprint density at radius 1 is 1.11 bits per heavy atom. The second kappa shape index (κ2) is 9.78. The van der Waals surface area contributed by atoms with Crippen LogP contribution < -0.4 is 14.9 Å². The summed E-state index contributed by atoms with van der Waals surface area (Å²) in [5.41, 5.74) is 1.44. The Labute approximate surface area is 218 Å². The SMILES string of the molecule is CC1CC(c2ccccn2)Nc2cccc(n2)SNC(=O)c2ccc(Br)nc2N2CC1CC2(C)C. The molecule has 1 amide bonds. The number of aromatic nitrogens is 3. The lowest BCUT2D eigenvalue weighted by Gasteiger charge is -2.33. The van der Waals surface area contributed by atoms with E-state index in [1.165, 1.54) is 11.9 Å². The fourth-order valence-electron chi connectivity index (χ4n) is 5.14. The molecule has 0 aliphatic carbocycles. The van der Waals surface area contributed by atoms with Crippen LogP contribution in [0.15, 0.2) is 64.4 Å². The van der Waals surface area contributed by atoms with Crippen LogP contribution in [-0.2, 0) is 0 Å². The number of nitrogens with zero attached hydrogens (tertiary/aromatic N) is 4. The first-order valence-corrected chi connectivity index (χ1v) is 13.5. The summed E-state index contributed by atoms with van der Waals surface area (Å²) in [7, 11) is 0. The molecule has 5 rings (SSSR count). The van der Waals surface area contributed by atoms with Crippen molar-refractivity contribution in [2.75, 3.05) is 16.8 Å². The van der Waals surface area contributed by atoms with Crippen molar-refractivity contribution in [3.05, 3.63) is 70.6 Å². The highest BCUT2D eigenvalue weighted by molar-refractivity contribution is 9.10. The Balaban J connectivity index is 1.57. The predicted octanol–water partition coefficient (Wildman–Crippen LogP) is 5.87. The van der Waals surface area contributed by atoms with Gasteiger partial charge in [-0.15, -0.1) is 0 Å². The molecule has 2 N–H and O–H groups in total. The average Bonchev–Trinajstić information content (AvgIpc) is 3.17. The molecular weight excluding hydrogens is 524 g/mol. The second-order valence-electron chi connectivity index (χ2n) is 9.95. The molecule has 2 aliphatic rings. The van der Waals surface area contributed by atoms with Gasteiger partial charge < -0.3 is 10.2 Å². The topological polar surface area (TPSA) is 83.0 Å². The molecule has 35 heavy (non-hydrogen) atoms. The Morgan fingerprint density at radius 3 is 2.77 bits per heavy atom. The van der Waals surface area contributed by atoms with Crippen LogP contribution in [0.2, 0.25) is 0 Å². The first-order chi connectivity index (χ1) is 16.8. The highest BCUT2D eigenvalue weighted by Gasteiger charge is 2.43. The molecule has 2 aliphatic heterocycles. The van der Waals surface area contributed by atoms with Gasteiger partial charge in [0.25, 0.3) is 5.91 Å². The van der Waals surface area contributed by atoms with Crippen LogP contribution in [-0.4, -0.2) is 32.9 Å². The lowest BCUT2D eigenvalue weighted by Crippen LogP contribution is -2.40. The molecule has 7 nitrogen and oxygen atoms in total. The van der Waals surface area contributed by atoms with Crippen LogP contribution in [0.4, 0.5) is 11.6 Å². The van der Waals surface area contributed by atoms with E-state index < -0.39 is 0 Å². The zero-order chi connectivity index (χ0) is 24.6. The van der Waals surface area contributed by atoms with Crippen LogP contribution in [0.1, 0.15) is 55.7 Å². The molecule has 4 bridgehead atoms. The molecule has 182 valence electrons. The monoisotopic (exact) mass is 552 g/mol. The molecule has 5 heterocycles. The summed E-state index contributed by atoms with van der Waals surface area (Å²) in [6, 6.07) is 15.5. The lowest BCUT2D eigenvalue weighted by atomic mass is 9.83. The van der Waals surface area contributed by atoms with Crippen LogP contribution in [0.3, 0.4) is 0 Å². The molecule has 3 unspecified atom stereocenters. The van der Waals surface area contributed by atoms with Gasteiger partial charge in [0.1, 0.15) is 21.3 Å². The van der Waals surface area contributed by atoms with Gasteiger partial charge in [-0.25, -0.2) is 9.97 Å². The second-order valence-corrected chi connectivity index (χ2v) is 11.6. The molecule has 3 atom stereocenters. The number of nitrogens with one attached hydrogen (secondary N) is 2. The Kier molecular flexibility index (Phi) is 6.72. The van der Waals surface area contributed by atoms with E-state index in [-0.39, 0.29) is 17.5 Å². The molecule has 0 saturated carbocycles. The maximum absolute atomic E-state index is 13.3. The average molecular weight is 554 g/mol. The smallest absolute Gasteiger partial charge is 0.265 e. The highest BCUT2D eigenvalue weighted by atomic mass is 79.9. The van der Waals surface area contributed by atoms with E-state index in [2.05, 4.69) is 62.7 Å². The third kappa shape index (κ3) is 5.16. The number of hydrogen-bond acceptors (Lipinski definition) is 7. The minimum Gasteiger partial charge on any atom is -0.362 e. The summed E-state index contributed by atoms with van der Waals surface area (Å²) in [6.45, 7) is 7.64. The van der Waals surface area contributed by atoms with Crippen molar-refractivity contribution < 1.29 is 4.79 Å². The summed E-state index contributed by atoms with van der Waals surface area (Å²) >= 11 is 4.73. The number of fused-ring (bicyclic) bond motifs is 6. The normalized spacial score (nSPS) is 23.9. The van der Waals surface area contributed by atoms with Crippen LogP contribution in [0.5, 0.6) is 0 Å². The molecule has 3 aromatic rings. The maximum Gasteiger partial charge on any atom is 0.265 e. The van der Waals surface area contributed by atoms with E-state index in [0.29, 0.717) is 28.2 Å². The van der Waals surface area contributed by atoms with E-state index in [1.807, 2.05) is 48.7 Å². The standard InChI is InChI=1S/C26H29BrN6OS/c1-16-13-20(19-7-4-5-12-28-19)29-22-8-6-9-23(31-22)35-32-25(34)18-10-11-21(27)30-24(18)33-15-17(16)14-26(33,2)3/h4-12,16-17,20H,13-15H2,1-3H3,(H,29,31)(H,32,34).